The lowest BCUT2D eigenvalue weighted by Gasteiger charge is -2.19. The van der Waals surface area contributed by atoms with Gasteiger partial charge in [0.25, 0.3) is 0 Å². The van der Waals surface area contributed by atoms with E-state index in [-0.39, 0.29) is 17.9 Å². The van der Waals surface area contributed by atoms with Gasteiger partial charge in [0.15, 0.2) is 0 Å². The first-order chi connectivity index (χ1) is 9.10. The van der Waals surface area contributed by atoms with Crippen LogP contribution >= 0.6 is 15.9 Å². The second kappa shape index (κ2) is 6.69. The molecule has 1 aromatic carbocycles. The topological polar surface area (TPSA) is 72.5 Å². The number of carbonyl (C=O) groups is 1. The molecule has 0 aliphatic heterocycles. The Hall–Kier alpha value is -0.920. The van der Waals surface area contributed by atoms with E-state index in [9.17, 15) is 13.2 Å². The van der Waals surface area contributed by atoms with Crippen LogP contribution in [0.25, 0.3) is 0 Å². The van der Waals surface area contributed by atoms with Gasteiger partial charge < -0.3 is 4.74 Å². The van der Waals surface area contributed by atoms with Crippen LogP contribution in [-0.4, -0.2) is 26.5 Å². The van der Waals surface area contributed by atoms with E-state index < -0.39 is 21.6 Å². The molecule has 0 atom stereocenters. The zero-order chi connectivity index (χ0) is 15.4. The first kappa shape index (κ1) is 17.1. The van der Waals surface area contributed by atoms with E-state index in [1.807, 2.05) is 0 Å². The Morgan fingerprint density at radius 3 is 2.30 bits per heavy atom. The molecule has 5 nitrogen and oxygen atoms in total. The van der Waals surface area contributed by atoms with Gasteiger partial charge in [-0.05, 0) is 45.0 Å². The van der Waals surface area contributed by atoms with Gasteiger partial charge in [-0.2, -0.15) is 0 Å². The first-order valence-corrected chi connectivity index (χ1v) is 8.35. The molecular weight excluding hydrogens is 346 g/mol. The molecule has 0 saturated heterocycles. The standard InChI is InChI=1S/C13H18BrNO4S/c1-13(2,3)19-12(16)8-9-15-20(17,18)11-6-4-10(14)5-7-11/h4-7,15H,8-9H2,1-3H3. The number of sulfonamides is 1. The van der Waals surface area contributed by atoms with Crippen molar-refractivity contribution in [1.29, 1.82) is 0 Å². The lowest BCUT2D eigenvalue weighted by molar-refractivity contribution is -0.154. The molecule has 0 aliphatic carbocycles. The summed E-state index contributed by atoms with van der Waals surface area (Å²) in [6.45, 7) is 5.29. The Morgan fingerprint density at radius 1 is 1.25 bits per heavy atom. The van der Waals surface area contributed by atoms with Gasteiger partial charge in [-0.25, -0.2) is 13.1 Å². The minimum Gasteiger partial charge on any atom is -0.460 e. The van der Waals surface area contributed by atoms with Crippen LogP contribution < -0.4 is 4.72 Å². The molecule has 0 fully saturated rings. The van der Waals surface area contributed by atoms with E-state index in [1.54, 1.807) is 32.9 Å². The third kappa shape index (κ3) is 6.02. The summed E-state index contributed by atoms with van der Waals surface area (Å²) < 4.78 is 32.1. The Bertz CT molecular complexity index is 561. The quantitative estimate of drug-likeness (QED) is 0.815. The Labute approximate surface area is 127 Å². The molecule has 0 spiro atoms. The molecule has 0 heterocycles. The van der Waals surface area contributed by atoms with Crippen LogP contribution in [0.4, 0.5) is 0 Å². The van der Waals surface area contributed by atoms with Crippen molar-refractivity contribution >= 4 is 31.9 Å². The van der Waals surface area contributed by atoms with Crippen molar-refractivity contribution < 1.29 is 17.9 Å². The number of ether oxygens (including phenoxy) is 1. The maximum Gasteiger partial charge on any atom is 0.307 e. The van der Waals surface area contributed by atoms with Gasteiger partial charge >= 0.3 is 5.97 Å². The molecule has 0 unspecified atom stereocenters. The fourth-order valence-corrected chi connectivity index (χ4v) is 2.67. The highest BCUT2D eigenvalue weighted by Crippen LogP contribution is 2.14. The largest absolute Gasteiger partial charge is 0.460 e. The lowest BCUT2D eigenvalue weighted by atomic mass is 10.2. The van der Waals surface area contributed by atoms with Crippen molar-refractivity contribution in [3.63, 3.8) is 0 Å². The summed E-state index contributed by atoms with van der Waals surface area (Å²) in [5.74, 6) is -0.434. The van der Waals surface area contributed by atoms with Crippen LogP contribution in [-0.2, 0) is 19.6 Å². The Balaban J connectivity index is 2.53. The zero-order valence-electron chi connectivity index (χ0n) is 11.6. The maximum atomic E-state index is 11.9. The van der Waals surface area contributed by atoms with E-state index in [4.69, 9.17) is 4.74 Å². The number of carbonyl (C=O) groups excluding carboxylic acids is 1. The second-order valence-electron chi connectivity index (χ2n) is 5.19. The van der Waals surface area contributed by atoms with Gasteiger partial charge in [0.1, 0.15) is 5.60 Å². The molecule has 7 heteroatoms. The van der Waals surface area contributed by atoms with E-state index >= 15 is 0 Å². The summed E-state index contributed by atoms with van der Waals surface area (Å²) in [4.78, 5) is 11.6. The molecule has 112 valence electrons. The number of rotatable bonds is 5. The van der Waals surface area contributed by atoms with Gasteiger partial charge in [-0.1, -0.05) is 15.9 Å². The number of halogens is 1. The lowest BCUT2D eigenvalue weighted by Crippen LogP contribution is -2.29. The van der Waals surface area contributed by atoms with Crippen molar-refractivity contribution in [2.75, 3.05) is 6.54 Å². The highest BCUT2D eigenvalue weighted by atomic mass is 79.9. The first-order valence-electron chi connectivity index (χ1n) is 6.07. The molecule has 20 heavy (non-hydrogen) atoms. The highest BCUT2D eigenvalue weighted by molar-refractivity contribution is 9.10. The van der Waals surface area contributed by atoms with Crippen molar-refractivity contribution in [3.05, 3.63) is 28.7 Å². The van der Waals surface area contributed by atoms with Crippen LogP contribution in [0.5, 0.6) is 0 Å². The van der Waals surface area contributed by atoms with E-state index in [2.05, 4.69) is 20.7 Å². The normalized spacial score (nSPS) is 12.2. The summed E-state index contributed by atoms with van der Waals surface area (Å²) in [5, 5.41) is 0. The number of benzene rings is 1. The summed E-state index contributed by atoms with van der Waals surface area (Å²) in [6.07, 6.45) is -0.00692. The Morgan fingerprint density at radius 2 is 1.80 bits per heavy atom. The molecule has 0 saturated carbocycles. The summed E-state index contributed by atoms with van der Waals surface area (Å²) in [6, 6.07) is 6.25. The Kier molecular flexibility index (Phi) is 5.73. The molecule has 0 radical (unpaired) electrons. The monoisotopic (exact) mass is 363 g/mol. The van der Waals surface area contributed by atoms with Gasteiger partial charge in [0.2, 0.25) is 10.0 Å². The van der Waals surface area contributed by atoms with Crippen LogP contribution in [0.1, 0.15) is 27.2 Å². The zero-order valence-corrected chi connectivity index (χ0v) is 14.0. The minimum atomic E-state index is -3.60. The molecule has 0 amide bonds. The van der Waals surface area contributed by atoms with Crippen LogP contribution in [0, 0.1) is 0 Å². The fraction of sp³-hybridized carbons (Fsp3) is 0.462. The predicted octanol–water partition coefficient (Wildman–Crippen LogP) is 2.46. The number of hydrogen-bond acceptors (Lipinski definition) is 4. The third-order valence-electron chi connectivity index (χ3n) is 2.17. The van der Waals surface area contributed by atoms with E-state index in [1.165, 1.54) is 12.1 Å². The van der Waals surface area contributed by atoms with Gasteiger partial charge in [0.05, 0.1) is 11.3 Å². The van der Waals surface area contributed by atoms with Crippen molar-refractivity contribution in [2.45, 2.75) is 37.7 Å². The van der Waals surface area contributed by atoms with Crippen LogP contribution in [0.2, 0.25) is 0 Å². The highest BCUT2D eigenvalue weighted by Gasteiger charge is 2.18. The van der Waals surface area contributed by atoms with E-state index in [0.29, 0.717) is 0 Å². The van der Waals surface area contributed by atoms with Crippen molar-refractivity contribution in [3.8, 4) is 0 Å². The summed E-state index contributed by atoms with van der Waals surface area (Å²) in [7, 11) is -3.60. The van der Waals surface area contributed by atoms with Crippen LogP contribution in [0.15, 0.2) is 33.6 Å². The van der Waals surface area contributed by atoms with Gasteiger partial charge in [-0.15, -0.1) is 0 Å². The maximum absolute atomic E-state index is 11.9. The molecule has 0 bridgehead atoms. The number of esters is 1. The van der Waals surface area contributed by atoms with E-state index in [0.717, 1.165) is 4.47 Å². The SMILES string of the molecule is CC(C)(C)OC(=O)CCNS(=O)(=O)c1ccc(Br)cc1. The molecule has 0 aliphatic rings. The predicted molar refractivity (Wildman–Crippen MR) is 79.8 cm³/mol. The molecule has 0 aromatic heterocycles. The van der Waals surface area contributed by atoms with Crippen molar-refractivity contribution in [1.82, 2.24) is 4.72 Å². The smallest absolute Gasteiger partial charge is 0.307 e. The minimum absolute atomic E-state index is 0.00692. The average Bonchev–Trinajstić information content (AvgIpc) is 2.26. The molecule has 1 aromatic rings. The number of nitrogens with one attached hydrogen (secondary N) is 1. The fourth-order valence-electron chi connectivity index (χ4n) is 1.38. The van der Waals surface area contributed by atoms with Gasteiger partial charge in [-0.3, -0.25) is 4.79 Å². The molecule has 1 N–H and O–H groups in total. The average molecular weight is 364 g/mol. The van der Waals surface area contributed by atoms with Crippen molar-refractivity contribution in [2.24, 2.45) is 0 Å². The summed E-state index contributed by atoms with van der Waals surface area (Å²) in [5.41, 5.74) is -0.568. The number of hydrogen-bond donors (Lipinski definition) is 1. The van der Waals surface area contributed by atoms with Gasteiger partial charge in [0, 0.05) is 11.0 Å². The molecule has 1 rings (SSSR count). The third-order valence-corrected chi connectivity index (χ3v) is 4.17. The summed E-state index contributed by atoms with van der Waals surface area (Å²) >= 11 is 3.24. The van der Waals surface area contributed by atoms with Crippen LogP contribution in [0.3, 0.4) is 0 Å². The second-order valence-corrected chi connectivity index (χ2v) is 7.87. The molecular formula is C13H18BrNO4S.